The van der Waals surface area contributed by atoms with Crippen molar-refractivity contribution < 1.29 is 23.1 Å². The number of hydrogen-bond acceptors (Lipinski definition) is 3. The quantitative estimate of drug-likeness (QED) is 0.792. The largest absolute Gasteiger partial charge is 0.490 e. The van der Waals surface area contributed by atoms with Gasteiger partial charge in [-0.1, -0.05) is 35.9 Å². The van der Waals surface area contributed by atoms with Gasteiger partial charge in [-0.25, -0.2) is 4.79 Å². The number of hydrogen-bond donors (Lipinski definition) is 2. The Morgan fingerprint density at radius 2 is 1.81 bits per heavy atom. The first kappa shape index (κ1) is 22.5. The van der Waals surface area contributed by atoms with Gasteiger partial charge in [0, 0.05) is 17.0 Å². The molecule has 0 amide bonds. The van der Waals surface area contributed by atoms with Crippen LogP contribution in [0.25, 0.3) is 0 Å². The minimum Gasteiger partial charge on any atom is -0.475 e. The van der Waals surface area contributed by atoms with E-state index in [0.717, 1.165) is 17.0 Å². The highest BCUT2D eigenvalue weighted by Crippen LogP contribution is 2.25. The average molecular weight is 399 g/mol. The summed E-state index contributed by atoms with van der Waals surface area (Å²) in [5.41, 5.74) is 9.10. The standard InChI is InChI=1S/C17H17ClN2.C2HF3O2/c1-12(20)17(10-13-5-7-16(18)8-6-13)15-4-2-3-14(9-15)11-19;3-2(4,5)1(6)7/h2-9,12,17H,10,20H2,1H3;(H,6,7)/t12-,17+;/m0./s1. The average Bonchev–Trinajstić information content (AvgIpc) is 2.60. The van der Waals surface area contributed by atoms with Gasteiger partial charge >= 0.3 is 12.1 Å². The van der Waals surface area contributed by atoms with E-state index in [1.165, 1.54) is 5.56 Å². The zero-order valence-corrected chi connectivity index (χ0v) is 15.1. The third-order valence-electron chi connectivity index (χ3n) is 3.69. The van der Waals surface area contributed by atoms with Crippen molar-refractivity contribution in [2.24, 2.45) is 5.73 Å². The first-order valence-electron chi connectivity index (χ1n) is 7.84. The molecular formula is C19H18ClF3N2O2. The van der Waals surface area contributed by atoms with Gasteiger partial charge in [0.15, 0.2) is 0 Å². The minimum absolute atomic E-state index is 0.0135. The maximum absolute atomic E-state index is 10.6. The number of carboxylic acid groups (broad SMARTS) is 1. The predicted molar refractivity (Wildman–Crippen MR) is 96.4 cm³/mol. The summed E-state index contributed by atoms with van der Waals surface area (Å²) in [6.45, 7) is 2.00. The second-order valence-corrected chi connectivity index (χ2v) is 6.27. The Labute approximate surface area is 160 Å². The van der Waals surface area contributed by atoms with Crippen molar-refractivity contribution in [2.75, 3.05) is 0 Å². The second-order valence-electron chi connectivity index (χ2n) is 5.84. The lowest BCUT2D eigenvalue weighted by Gasteiger charge is -2.21. The fourth-order valence-electron chi connectivity index (χ4n) is 2.32. The summed E-state index contributed by atoms with van der Waals surface area (Å²) in [7, 11) is 0. The SMILES string of the molecule is C[C@H](N)[C@@H](Cc1ccc(Cl)cc1)c1cccc(C#N)c1.O=C(O)C(F)(F)F. The van der Waals surface area contributed by atoms with Crippen LogP contribution in [0.4, 0.5) is 13.2 Å². The molecule has 0 radical (unpaired) electrons. The molecule has 0 fully saturated rings. The van der Waals surface area contributed by atoms with E-state index in [2.05, 4.69) is 6.07 Å². The van der Waals surface area contributed by atoms with Crippen LogP contribution in [-0.4, -0.2) is 23.3 Å². The van der Waals surface area contributed by atoms with Gasteiger partial charge < -0.3 is 10.8 Å². The molecule has 3 N–H and O–H groups in total. The van der Waals surface area contributed by atoms with E-state index in [1.54, 1.807) is 0 Å². The van der Waals surface area contributed by atoms with Crippen LogP contribution in [0, 0.1) is 11.3 Å². The van der Waals surface area contributed by atoms with Crippen molar-refractivity contribution in [1.82, 2.24) is 0 Å². The summed E-state index contributed by atoms with van der Waals surface area (Å²) < 4.78 is 31.7. The van der Waals surface area contributed by atoms with Crippen LogP contribution in [-0.2, 0) is 11.2 Å². The first-order valence-corrected chi connectivity index (χ1v) is 8.22. The Kier molecular flexibility index (Phi) is 8.29. The second kappa shape index (κ2) is 9.95. The van der Waals surface area contributed by atoms with Gasteiger partial charge in [0.1, 0.15) is 0 Å². The summed E-state index contributed by atoms with van der Waals surface area (Å²) in [6, 6.07) is 17.7. The molecule has 8 heteroatoms. The molecule has 0 aromatic heterocycles. The van der Waals surface area contributed by atoms with Crippen LogP contribution in [0.15, 0.2) is 48.5 Å². The van der Waals surface area contributed by atoms with Crippen molar-refractivity contribution in [1.29, 1.82) is 5.26 Å². The van der Waals surface area contributed by atoms with Gasteiger partial charge in [-0.05, 0) is 48.7 Å². The Morgan fingerprint density at radius 3 is 2.26 bits per heavy atom. The molecule has 27 heavy (non-hydrogen) atoms. The third kappa shape index (κ3) is 7.69. The van der Waals surface area contributed by atoms with Crippen molar-refractivity contribution >= 4 is 17.6 Å². The molecule has 0 saturated heterocycles. The van der Waals surface area contributed by atoms with E-state index in [9.17, 15) is 13.2 Å². The van der Waals surface area contributed by atoms with Gasteiger partial charge in [0.2, 0.25) is 0 Å². The van der Waals surface area contributed by atoms with Crippen LogP contribution < -0.4 is 5.73 Å². The van der Waals surface area contributed by atoms with E-state index in [-0.39, 0.29) is 12.0 Å². The fourth-order valence-corrected chi connectivity index (χ4v) is 2.45. The molecule has 0 bridgehead atoms. The lowest BCUT2D eigenvalue weighted by molar-refractivity contribution is -0.192. The van der Waals surface area contributed by atoms with Crippen molar-refractivity contribution in [3.05, 3.63) is 70.2 Å². The summed E-state index contributed by atoms with van der Waals surface area (Å²) >= 11 is 5.91. The number of nitrogens with two attached hydrogens (primary N) is 1. The van der Waals surface area contributed by atoms with Gasteiger partial charge in [0.05, 0.1) is 11.6 Å². The molecule has 0 aliphatic rings. The number of nitriles is 1. The summed E-state index contributed by atoms with van der Waals surface area (Å²) in [5.74, 6) is -2.57. The number of carboxylic acids is 1. The molecular weight excluding hydrogens is 381 g/mol. The predicted octanol–water partition coefficient (Wildman–Crippen LogP) is 4.52. The molecule has 0 heterocycles. The molecule has 2 aromatic rings. The summed E-state index contributed by atoms with van der Waals surface area (Å²) in [5, 5.41) is 16.9. The molecule has 0 aliphatic heterocycles. The van der Waals surface area contributed by atoms with Gasteiger partial charge in [-0.3, -0.25) is 0 Å². The number of halogens is 4. The normalized spacial score (nSPS) is 12.9. The van der Waals surface area contributed by atoms with Gasteiger partial charge in [-0.2, -0.15) is 18.4 Å². The Hall–Kier alpha value is -2.56. The molecule has 144 valence electrons. The summed E-state index contributed by atoms with van der Waals surface area (Å²) in [4.78, 5) is 8.90. The van der Waals surface area contributed by atoms with Crippen LogP contribution in [0.1, 0.15) is 29.5 Å². The number of carbonyl (C=O) groups is 1. The van der Waals surface area contributed by atoms with Crippen LogP contribution >= 0.6 is 11.6 Å². The Balaban J connectivity index is 0.000000445. The Morgan fingerprint density at radius 1 is 1.26 bits per heavy atom. The number of nitrogens with zero attached hydrogens (tertiary/aromatic N) is 1. The zero-order chi connectivity index (χ0) is 20.6. The number of alkyl halides is 3. The molecule has 0 unspecified atom stereocenters. The fraction of sp³-hybridized carbons (Fsp3) is 0.263. The molecule has 2 aromatic carbocycles. The molecule has 0 aliphatic carbocycles. The number of rotatable bonds is 4. The maximum Gasteiger partial charge on any atom is 0.490 e. The maximum atomic E-state index is 10.6. The van der Waals surface area contributed by atoms with Crippen molar-refractivity contribution in [3.8, 4) is 6.07 Å². The molecule has 0 saturated carbocycles. The highest BCUT2D eigenvalue weighted by atomic mass is 35.5. The van der Waals surface area contributed by atoms with Crippen LogP contribution in [0.3, 0.4) is 0 Å². The Bertz CT molecular complexity index is 800. The van der Waals surface area contributed by atoms with Crippen LogP contribution in [0.2, 0.25) is 5.02 Å². The summed E-state index contributed by atoms with van der Waals surface area (Å²) in [6.07, 6.45) is -4.25. The van der Waals surface area contributed by atoms with E-state index in [4.69, 9.17) is 32.5 Å². The van der Waals surface area contributed by atoms with Gasteiger partial charge in [0.25, 0.3) is 0 Å². The monoisotopic (exact) mass is 398 g/mol. The van der Waals surface area contributed by atoms with E-state index in [0.29, 0.717) is 5.56 Å². The number of benzene rings is 2. The molecule has 2 atom stereocenters. The lowest BCUT2D eigenvalue weighted by atomic mass is 9.86. The topological polar surface area (TPSA) is 87.1 Å². The third-order valence-corrected chi connectivity index (χ3v) is 3.94. The van der Waals surface area contributed by atoms with E-state index >= 15 is 0 Å². The van der Waals surface area contributed by atoms with E-state index in [1.807, 2.05) is 55.5 Å². The van der Waals surface area contributed by atoms with Gasteiger partial charge in [-0.15, -0.1) is 0 Å². The lowest BCUT2D eigenvalue weighted by Crippen LogP contribution is -2.26. The minimum atomic E-state index is -5.08. The van der Waals surface area contributed by atoms with Crippen molar-refractivity contribution in [2.45, 2.75) is 31.5 Å². The van der Waals surface area contributed by atoms with Crippen molar-refractivity contribution in [3.63, 3.8) is 0 Å². The first-order chi connectivity index (χ1) is 12.5. The van der Waals surface area contributed by atoms with E-state index < -0.39 is 12.1 Å². The highest BCUT2D eigenvalue weighted by molar-refractivity contribution is 6.30. The zero-order valence-electron chi connectivity index (χ0n) is 14.4. The van der Waals surface area contributed by atoms with Crippen LogP contribution in [0.5, 0.6) is 0 Å². The highest BCUT2D eigenvalue weighted by Gasteiger charge is 2.38. The molecule has 4 nitrogen and oxygen atoms in total. The molecule has 0 spiro atoms. The number of aliphatic carboxylic acids is 1. The molecule has 2 rings (SSSR count). The smallest absolute Gasteiger partial charge is 0.475 e.